The molecule has 0 aromatic heterocycles. The van der Waals surface area contributed by atoms with Crippen LogP contribution >= 0.6 is 0 Å². The van der Waals surface area contributed by atoms with Crippen molar-refractivity contribution in [1.82, 2.24) is 0 Å². The van der Waals surface area contributed by atoms with E-state index >= 15 is 0 Å². The van der Waals surface area contributed by atoms with E-state index in [0.717, 1.165) is 5.57 Å². The number of aliphatic hydroxyl groups excluding tert-OH is 10. The Morgan fingerprint density at radius 2 is 1.26 bits per heavy atom. The lowest BCUT2D eigenvalue weighted by Gasteiger charge is -2.70. The summed E-state index contributed by atoms with van der Waals surface area (Å²) in [6, 6.07) is 0. The van der Waals surface area contributed by atoms with Crippen LogP contribution < -0.4 is 0 Å². The van der Waals surface area contributed by atoms with Gasteiger partial charge in [-0.25, -0.2) is 0 Å². The Labute approximate surface area is 385 Å². The van der Waals surface area contributed by atoms with Crippen molar-refractivity contribution in [1.29, 1.82) is 0 Å². The summed E-state index contributed by atoms with van der Waals surface area (Å²) in [5.41, 5.74) is -3.27. The zero-order valence-electron chi connectivity index (χ0n) is 38.8. The maximum absolute atomic E-state index is 14.6. The Kier molecular flexibility index (Phi) is 13.8. The van der Waals surface area contributed by atoms with Crippen LogP contribution in [-0.2, 0) is 38.0 Å². The number of fused-ring (bicyclic) bond motifs is 7. The average molecular weight is 943 g/mol. The standard InChI is InChI=1S/C47H74O19/c1-20-9-14-46(42(60)66-40-35(56)32(53)30(51)25(19-49)63-40)15-16-47(41(58)59)22(23(46)17-20)7-8-27-44(5)12-11-28(43(3,4)26(44)10-13-45(27,47)6)64-38-36(57)33(54)37(21(2)61-38)65-39-34(55)31(52)29(50)24(18-48)62-39/h7,20-21,23-40,48-57H,8-19H2,1-6H3,(H,58,59). The summed E-state index contributed by atoms with van der Waals surface area (Å²) in [5.74, 6) is -1.90. The van der Waals surface area contributed by atoms with Crippen LogP contribution in [0.4, 0.5) is 0 Å². The van der Waals surface area contributed by atoms with Crippen molar-refractivity contribution in [3.8, 4) is 0 Å². The molecule has 19 nitrogen and oxygen atoms in total. The first-order valence-corrected chi connectivity index (χ1v) is 24.0. The number of carbonyl (C=O) groups excluding carboxylic acids is 1. The molecule has 8 aliphatic rings. The van der Waals surface area contributed by atoms with Crippen LogP contribution in [0, 0.1) is 50.7 Å². The van der Waals surface area contributed by atoms with Crippen LogP contribution in [0.1, 0.15) is 106 Å². The number of aliphatic hydroxyl groups is 10. The second-order valence-corrected chi connectivity index (χ2v) is 22.3. The van der Waals surface area contributed by atoms with Crippen molar-refractivity contribution in [2.45, 2.75) is 204 Å². The Morgan fingerprint density at radius 1 is 0.667 bits per heavy atom. The number of rotatable bonds is 9. The second kappa shape index (κ2) is 18.0. The van der Waals surface area contributed by atoms with E-state index in [9.17, 15) is 65.8 Å². The second-order valence-electron chi connectivity index (χ2n) is 22.3. The van der Waals surface area contributed by atoms with Crippen molar-refractivity contribution >= 4 is 11.9 Å². The average Bonchev–Trinajstić information content (AvgIpc) is 3.27. The molecule has 0 aromatic carbocycles. The molecule has 19 heteroatoms. The summed E-state index contributed by atoms with van der Waals surface area (Å²) in [6.45, 7) is 11.0. The predicted octanol–water partition coefficient (Wildman–Crippen LogP) is -0.157. The first-order chi connectivity index (χ1) is 30.9. The lowest BCUT2D eigenvalue weighted by molar-refractivity contribution is -0.364. The third kappa shape index (κ3) is 7.56. The van der Waals surface area contributed by atoms with E-state index in [4.69, 9.17) is 28.4 Å². The molecule has 7 fully saturated rings. The highest BCUT2D eigenvalue weighted by Crippen LogP contribution is 2.76. The molecule has 3 heterocycles. The minimum atomic E-state index is -1.77. The maximum Gasteiger partial charge on any atom is 0.315 e. The molecule has 8 rings (SSSR count). The number of ether oxygens (including phenoxy) is 6. The summed E-state index contributed by atoms with van der Waals surface area (Å²) in [5, 5.41) is 116. The molecular formula is C47H74O19. The fraction of sp³-hybridized carbons (Fsp3) is 0.915. The van der Waals surface area contributed by atoms with Crippen LogP contribution in [-0.4, -0.2) is 180 Å². The van der Waals surface area contributed by atoms with Gasteiger partial charge < -0.3 is 84.6 Å². The topological polar surface area (TPSA) is 312 Å². The number of hydrogen-bond acceptors (Lipinski definition) is 18. The molecule has 0 bridgehead atoms. The molecular weight excluding hydrogens is 868 g/mol. The van der Waals surface area contributed by atoms with E-state index in [2.05, 4.69) is 40.7 Å². The van der Waals surface area contributed by atoms with Crippen molar-refractivity contribution in [3.05, 3.63) is 11.6 Å². The molecule has 5 aliphatic carbocycles. The van der Waals surface area contributed by atoms with Gasteiger partial charge in [0.25, 0.3) is 0 Å². The van der Waals surface area contributed by atoms with E-state index in [1.54, 1.807) is 6.92 Å². The van der Waals surface area contributed by atoms with Gasteiger partial charge in [0.2, 0.25) is 6.29 Å². The Bertz CT molecular complexity index is 1830. The SMILES string of the molecule is CC1CCC2(C(=O)OC3OC(CO)C(O)C(O)C3O)CCC3(C(=O)O)C(=CCC4C5(C)CCC(OC6OC(C)C(OC7OC(CO)C(O)C(O)C7O)C(O)C6O)C(C)(C)C5CCC43C)C2C1. The monoisotopic (exact) mass is 942 g/mol. The van der Waals surface area contributed by atoms with E-state index in [0.29, 0.717) is 51.4 Å². The molecule has 11 N–H and O–H groups in total. The van der Waals surface area contributed by atoms with Crippen LogP contribution in [0.3, 0.4) is 0 Å². The number of esters is 1. The molecule has 376 valence electrons. The molecule has 4 saturated carbocycles. The van der Waals surface area contributed by atoms with Gasteiger partial charge in [0.1, 0.15) is 67.1 Å². The normalized spacial score (nSPS) is 53.5. The van der Waals surface area contributed by atoms with Crippen LogP contribution in [0.2, 0.25) is 0 Å². The van der Waals surface area contributed by atoms with Crippen LogP contribution in [0.15, 0.2) is 11.6 Å². The van der Waals surface area contributed by atoms with E-state index < -0.39 is 151 Å². The molecule has 0 amide bonds. The highest BCUT2D eigenvalue weighted by molar-refractivity contribution is 5.85. The Hall–Kier alpha value is -1.92. The minimum Gasteiger partial charge on any atom is -0.481 e. The van der Waals surface area contributed by atoms with Gasteiger partial charge >= 0.3 is 11.9 Å². The van der Waals surface area contributed by atoms with Gasteiger partial charge in [0.05, 0.1) is 36.3 Å². The van der Waals surface area contributed by atoms with Crippen LogP contribution in [0.25, 0.3) is 0 Å². The number of carboxylic acid groups (broad SMARTS) is 1. The minimum absolute atomic E-state index is 0.0406. The van der Waals surface area contributed by atoms with Gasteiger partial charge in [-0.15, -0.1) is 0 Å². The molecule has 0 aromatic rings. The van der Waals surface area contributed by atoms with Crippen molar-refractivity contribution < 1.29 is 94.2 Å². The molecule has 3 aliphatic heterocycles. The molecule has 0 spiro atoms. The highest BCUT2D eigenvalue weighted by atomic mass is 16.7. The van der Waals surface area contributed by atoms with Gasteiger partial charge in [-0.05, 0) is 111 Å². The van der Waals surface area contributed by atoms with E-state index in [-0.39, 0.29) is 36.0 Å². The summed E-state index contributed by atoms with van der Waals surface area (Å²) in [4.78, 5) is 28.8. The zero-order chi connectivity index (χ0) is 48.2. The molecule has 3 saturated heterocycles. The largest absolute Gasteiger partial charge is 0.481 e. The number of carbonyl (C=O) groups is 2. The molecule has 24 unspecified atom stereocenters. The van der Waals surface area contributed by atoms with E-state index in [1.165, 1.54) is 0 Å². The van der Waals surface area contributed by atoms with Crippen molar-refractivity contribution in [2.75, 3.05) is 13.2 Å². The predicted molar refractivity (Wildman–Crippen MR) is 226 cm³/mol. The van der Waals surface area contributed by atoms with Gasteiger partial charge in [-0.1, -0.05) is 46.3 Å². The van der Waals surface area contributed by atoms with Gasteiger partial charge in [-0.2, -0.15) is 0 Å². The van der Waals surface area contributed by atoms with Gasteiger partial charge in [-0.3, -0.25) is 9.59 Å². The maximum atomic E-state index is 14.6. The molecule has 66 heavy (non-hydrogen) atoms. The van der Waals surface area contributed by atoms with Crippen molar-refractivity contribution in [3.63, 3.8) is 0 Å². The number of carboxylic acids is 1. The first kappa shape index (κ1) is 50.5. The lowest BCUT2D eigenvalue weighted by Crippen LogP contribution is -2.68. The fourth-order valence-electron chi connectivity index (χ4n) is 15.0. The summed E-state index contributed by atoms with van der Waals surface area (Å²) < 4.78 is 35.5. The number of hydrogen-bond donors (Lipinski definition) is 11. The van der Waals surface area contributed by atoms with Crippen molar-refractivity contribution in [2.24, 2.45) is 50.7 Å². The quantitative estimate of drug-likeness (QED) is 0.0813. The highest BCUT2D eigenvalue weighted by Gasteiger charge is 2.73. The third-order valence-electron chi connectivity index (χ3n) is 18.8. The summed E-state index contributed by atoms with van der Waals surface area (Å²) >= 11 is 0. The van der Waals surface area contributed by atoms with Gasteiger partial charge in [0.15, 0.2) is 12.6 Å². The first-order valence-electron chi connectivity index (χ1n) is 24.0. The number of aliphatic carboxylic acids is 1. The molecule has 24 atom stereocenters. The third-order valence-corrected chi connectivity index (χ3v) is 18.8. The summed E-state index contributed by atoms with van der Waals surface area (Å²) in [7, 11) is 0. The smallest absolute Gasteiger partial charge is 0.315 e. The lowest BCUT2D eigenvalue weighted by atomic mass is 9.33. The summed E-state index contributed by atoms with van der Waals surface area (Å²) in [6.07, 6.45) is -15.7. The Morgan fingerprint density at radius 3 is 1.88 bits per heavy atom. The molecule has 0 radical (unpaired) electrons. The van der Waals surface area contributed by atoms with Gasteiger partial charge in [0, 0.05) is 0 Å². The Balaban J connectivity index is 1.01. The van der Waals surface area contributed by atoms with Crippen LogP contribution in [0.5, 0.6) is 0 Å². The fourth-order valence-corrected chi connectivity index (χ4v) is 15.0. The number of allylic oxidation sites excluding steroid dienone is 1. The zero-order valence-corrected chi connectivity index (χ0v) is 38.8. The van der Waals surface area contributed by atoms with E-state index in [1.807, 2.05) is 0 Å².